The van der Waals surface area contributed by atoms with Crippen molar-refractivity contribution in [3.63, 3.8) is 0 Å². The van der Waals surface area contributed by atoms with Crippen molar-refractivity contribution in [3.05, 3.63) is 211 Å². The van der Waals surface area contributed by atoms with Crippen LogP contribution in [0.4, 0.5) is 0 Å². The first-order valence-electron chi connectivity index (χ1n) is 20.6. The van der Waals surface area contributed by atoms with Gasteiger partial charge in [0.1, 0.15) is 22.9 Å². The molecule has 4 aromatic heterocycles. The number of fused-ring (bicyclic) bond motifs is 10. The Morgan fingerprint density at radius 3 is 1.66 bits per heavy atom. The normalized spacial score (nSPS) is 11.8. The summed E-state index contributed by atoms with van der Waals surface area (Å²) in [6.07, 6.45) is 1.61. The highest BCUT2D eigenvalue weighted by atomic mass is 28.3. The number of pyridine rings is 1. The monoisotopic (exact) mass is 807 g/mol. The van der Waals surface area contributed by atoms with Gasteiger partial charge in [-0.3, -0.25) is 4.57 Å². The van der Waals surface area contributed by atoms with Gasteiger partial charge in [0.2, 0.25) is 0 Å². The molecule has 7 heteroatoms. The van der Waals surface area contributed by atoms with E-state index < -0.39 is 8.07 Å². The summed E-state index contributed by atoms with van der Waals surface area (Å²) in [5, 5.41) is 30.8. The average Bonchev–Trinajstić information content (AvgIpc) is 4.00. The van der Waals surface area contributed by atoms with E-state index in [0.29, 0.717) is 11.1 Å². The SMILES string of the molecule is N#Cc1ccc2c(c1)c1cc(C#N)cnc1n2-c1ccc([Si](c2ccccc2)(c2ccccc2)c2ccc(-n3c4ccccc4c4c5oc6ccccc6c5ccc43)cc2)cc1. The third-order valence-electron chi connectivity index (χ3n) is 12.6. The maximum Gasteiger partial charge on any atom is 0.179 e. The molecule has 0 saturated carbocycles. The molecule has 0 saturated heterocycles. The molecule has 0 unspecified atom stereocenters. The third kappa shape index (κ3) is 5.10. The van der Waals surface area contributed by atoms with E-state index >= 15 is 0 Å². The van der Waals surface area contributed by atoms with Gasteiger partial charge in [0.25, 0.3) is 0 Å². The van der Waals surface area contributed by atoms with Gasteiger partial charge in [0.05, 0.1) is 39.1 Å². The van der Waals surface area contributed by atoms with Gasteiger partial charge in [-0.25, -0.2) is 4.98 Å². The summed E-state index contributed by atoms with van der Waals surface area (Å²) in [6.45, 7) is 0. The minimum absolute atomic E-state index is 0.475. The molecule has 288 valence electrons. The molecule has 0 aliphatic rings. The lowest BCUT2D eigenvalue weighted by molar-refractivity contribution is 0.673. The zero-order valence-electron chi connectivity index (χ0n) is 33.2. The molecule has 0 aliphatic heterocycles. The number of nitriles is 2. The van der Waals surface area contributed by atoms with E-state index in [0.717, 1.165) is 77.1 Å². The summed E-state index contributed by atoms with van der Waals surface area (Å²) < 4.78 is 11.1. The van der Waals surface area contributed by atoms with Crippen molar-refractivity contribution in [3.8, 4) is 23.5 Å². The summed E-state index contributed by atoms with van der Waals surface area (Å²) in [5.41, 5.74) is 8.74. The van der Waals surface area contributed by atoms with E-state index in [1.54, 1.807) is 6.20 Å². The second-order valence-corrected chi connectivity index (χ2v) is 19.6. The van der Waals surface area contributed by atoms with E-state index in [1.807, 2.05) is 36.4 Å². The molecule has 0 bridgehead atoms. The van der Waals surface area contributed by atoms with Crippen molar-refractivity contribution < 1.29 is 4.42 Å². The van der Waals surface area contributed by atoms with E-state index in [4.69, 9.17) is 9.40 Å². The van der Waals surface area contributed by atoms with Crippen LogP contribution in [0.3, 0.4) is 0 Å². The van der Waals surface area contributed by atoms with Gasteiger partial charge >= 0.3 is 0 Å². The maximum absolute atomic E-state index is 9.76. The van der Waals surface area contributed by atoms with Crippen molar-refractivity contribution in [2.45, 2.75) is 0 Å². The fourth-order valence-electron chi connectivity index (χ4n) is 9.90. The van der Waals surface area contributed by atoms with Crippen LogP contribution in [0.1, 0.15) is 11.1 Å². The lowest BCUT2D eigenvalue weighted by Gasteiger charge is -2.34. The average molecular weight is 808 g/mol. The van der Waals surface area contributed by atoms with Crippen LogP contribution in [-0.4, -0.2) is 22.2 Å². The van der Waals surface area contributed by atoms with Crippen molar-refractivity contribution in [2.75, 3.05) is 0 Å². The molecular formula is C55H33N5OSi. The second kappa shape index (κ2) is 13.8. The Morgan fingerprint density at radius 1 is 0.435 bits per heavy atom. The molecule has 4 heterocycles. The zero-order valence-corrected chi connectivity index (χ0v) is 34.2. The highest BCUT2D eigenvalue weighted by Crippen LogP contribution is 2.40. The van der Waals surface area contributed by atoms with Crippen LogP contribution in [0.25, 0.3) is 77.1 Å². The van der Waals surface area contributed by atoms with Crippen LogP contribution in [0, 0.1) is 22.7 Å². The summed E-state index contributed by atoms with van der Waals surface area (Å²) >= 11 is 0. The largest absolute Gasteiger partial charge is 0.455 e. The van der Waals surface area contributed by atoms with Crippen molar-refractivity contribution in [1.29, 1.82) is 10.5 Å². The van der Waals surface area contributed by atoms with Crippen LogP contribution in [0.15, 0.2) is 205 Å². The van der Waals surface area contributed by atoms with E-state index in [-0.39, 0.29) is 0 Å². The molecule has 12 aromatic rings. The van der Waals surface area contributed by atoms with E-state index in [2.05, 4.69) is 179 Å². The Kier molecular flexibility index (Phi) is 7.88. The van der Waals surface area contributed by atoms with Gasteiger partial charge in [-0.2, -0.15) is 10.5 Å². The minimum Gasteiger partial charge on any atom is -0.455 e. The lowest BCUT2D eigenvalue weighted by atomic mass is 10.1. The summed E-state index contributed by atoms with van der Waals surface area (Å²) in [6, 6.07) is 73.4. The molecule has 0 spiro atoms. The molecule has 8 aromatic carbocycles. The number of furan rings is 1. The van der Waals surface area contributed by atoms with Crippen LogP contribution in [-0.2, 0) is 0 Å². The van der Waals surface area contributed by atoms with Crippen LogP contribution < -0.4 is 20.7 Å². The fourth-order valence-corrected chi connectivity index (χ4v) is 14.6. The quantitative estimate of drug-likeness (QED) is 0.124. The number of para-hydroxylation sites is 2. The first-order valence-corrected chi connectivity index (χ1v) is 22.6. The van der Waals surface area contributed by atoms with Crippen LogP contribution >= 0.6 is 0 Å². The molecule has 0 radical (unpaired) electrons. The number of rotatable bonds is 6. The summed E-state index contributed by atoms with van der Waals surface area (Å²) in [4.78, 5) is 4.79. The molecule has 0 N–H and O–H groups in total. The summed E-state index contributed by atoms with van der Waals surface area (Å²) in [7, 11) is -2.93. The number of hydrogen-bond donors (Lipinski definition) is 0. The van der Waals surface area contributed by atoms with Gasteiger partial charge in [-0.1, -0.05) is 121 Å². The molecule has 0 amide bonds. The van der Waals surface area contributed by atoms with Gasteiger partial charge in [-0.05, 0) is 93.5 Å². The van der Waals surface area contributed by atoms with Crippen molar-refractivity contribution >= 4 is 94.5 Å². The Labute approximate surface area is 357 Å². The highest BCUT2D eigenvalue weighted by Gasteiger charge is 2.41. The highest BCUT2D eigenvalue weighted by molar-refractivity contribution is 7.19. The molecular weight excluding hydrogens is 775 g/mol. The smallest absolute Gasteiger partial charge is 0.179 e. The first-order chi connectivity index (χ1) is 30.6. The van der Waals surface area contributed by atoms with Crippen molar-refractivity contribution in [2.24, 2.45) is 0 Å². The Morgan fingerprint density at radius 2 is 0.984 bits per heavy atom. The molecule has 6 nitrogen and oxygen atoms in total. The number of benzene rings is 8. The van der Waals surface area contributed by atoms with Crippen LogP contribution in [0.5, 0.6) is 0 Å². The Hall–Kier alpha value is -8.49. The number of hydrogen-bond acceptors (Lipinski definition) is 4. The topological polar surface area (TPSA) is 83.5 Å². The predicted octanol–water partition coefficient (Wildman–Crippen LogP) is 10.3. The first kappa shape index (κ1) is 35.5. The van der Waals surface area contributed by atoms with Gasteiger partial charge in [-0.15, -0.1) is 0 Å². The van der Waals surface area contributed by atoms with Gasteiger partial charge < -0.3 is 8.98 Å². The third-order valence-corrected chi connectivity index (χ3v) is 17.4. The Balaban J connectivity index is 1.06. The molecule has 12 rings (SSSR count). The number of nitrogens with zero attached hydrogens (tertiary/aromatic N) is 5. The predicted molar refractivity (Wildman–Crippen MR) is 253 cm³/mol. The zero-order chi connectivity index (χ0) is 41.4. The molecule has 0 fully saturated rings. The number of aromatic nitrogens is 3. The fraction of sp³-hybridized carbons (Fsp3) is 0. The Bertz CT molecular complexity index is 3700. The second-order valence-electron chi connectivity index (χ2n) is 15.7. The molecule has 0 atom stereocenters. The molecule has 62 heavy (non-hydrogen) atoms. The lowest BCUT2D eigenvalue weighted by Crippen LogP contribution is -2.74. The standard InChI is InChI=1S/C55H33N5OSi/c56-33-36-19-29-50-47(31-36)48-32-37(34-57)35-58-55(48)60(50)39-22-26-43(27-23-39)62(40-11-3-1-4-12-40,41-13-5-2-6-14-41)42-24-20-38(21-25-42)59-49-17-9-7-16-46(49)53-51(59)30-28-45-44-15-8-10-18-52(44)61-54(45)53/h1-32,35H. The minimum atomic E-state index is -2.93. The van der Waals surface area contributed by atoms with E-state index in [1.165, 1.54) is 20.7 Å². The maximum atomic E-state index is 9.76. The van der Waals surface area contributed by atoms with Gasteiger partial charge in [0.15, 0.2) is 8.07 Å². The van der Waals surface area contributed by atoms with Gasteiger partial charge in [0, 0.05) is 44.5 Å². The van der Waals surface area contributed by atoms with E-state index in [9.17, 15) is 10.5 Å². The summed E-state index contributed by atoms with van der Waals surface area (Å²) in [5.74, 6) is 0. The molecule has 0 aliphatic carbocycles. The van der Waals surface area contributed by atoms with Crippen LogP contribution in [0.2, 0.25) is 0 Å². The van der Waals surface area contributed by atoms with Crippen molar-refractivity contribution in [1.82, 2.24) is 14.1 Å².